The quantitative estimate of drug-likeness (QED) is 0.498. The molecule has 0 aliphatic rings. The number of hydrogen-bond donors (Lipinski definition) is 0. The molecule has 2 aromatic heterocycles. The van der Waals surface area contributed by atoms with Crippen LogP contribution in [0.5, 0.6) is 0 Å². The summed E-state index contributed by atoms with van der Waals surface area (Å²) in [5.74, 6) is 1.81. The number of aromatic nitrogens is 2. The van der Waals surface area contributed by atoms with Gasteiger partial charge in [0, 0.05) is 9.32 Å². The molecule has 0 saturated heterocycles. The first-order valence-corrected chi connectivity index (χ1v) is 7.62. The molecule has 0 N–H and O–H groups in total. The molecule has 3 aromatic rings. The molecule has 0 radical (unpaired) electrons. The number of halogens is 1. The first-order valence-electron chi connectivity index (χ1n) is 5.56. The minimum Gasteiger partial charge on any atom is -0.459 e. The molecule has 0 unspecified atom stereocenters. The Bertz CT molecular complexity index is 650. The van der Waals surface area contributed by atoms with E-state index in [1.807, 2.05) is 0 Å². The highest BCUT2D eigenvalue weighted by Gasteiger charge is 2.11. The van der Waals surface area contributed by atoms with Crippen LogP contribution in [0.1, 0.15) is 5.56 Å². The first-order chi connectivity index (χ1) is 9.31. The normalized spacial score (nSPS) is 10.8. The SMILES string of the molecule is Ic1ccc(CSc2nnc(-c3ccco3)o2)cc1. The Hall–Kier alpha value is -1.28. The molecule has 96 valence electrons. The largest absolute Gasteiger partial charge is 0.459 e. The summed E-state index contributed by atoms with van der Waals surface area (Å²) >= 11 is 3.80. The van der Waals surface area contributed by atoms with Crippen LogP contribution in [0.3, 0.4) is 0 Å². The van der Waals surface area contributed by atoms with Gasteiger partial charge in [-0.15, -0.1) is 10.2 Å². The molecule has 3 rings (SSSR count). The first kappa shape index (κ1) is 12.7. The van der Waals surface area contributed by atoms with Crippen molar-refractivity contribution in [2.24, 2.45) is 0 Å². The fourth-order valence-corrected chi connectivity index (χ4v) is 2.57. The van der Waals surface area contributed by atoms with E-state index in [4.69, 9.17) is 8.83 Å². The summed E-state index contributed by atoms with van der Waals surface area (Å²) in [4.78, 5) is 0. The highest BCUT2D eigenvalue weighted by Crippen LogP contribution is 2.25. The van der Waals surface area contributed by atoms with Crippen LogP contribution in [0.25, 0.3) is 11.7 Å². The Morgan fingerprint density at radius 1 is 1.11 bits per heavy atom. The van der Waals surface area contributed by atoms with Gasteiger partial charge in [0.25, 0.3) is 11.1 Å². The van der Waals surface area contributed by atoms with Crippen molar-refractivity contribution in [1.82, 2.24) is 10.2 Å². The molecular formula is C13H9IN2O2S. The van der Waals surface area contributed by atoms with Gasteiger partial charge in [-0.3, -0.25) is 0 Å². The number of thioether (sulfide) groups is 1. The molecule has 0 aliphatic carbocycles. The van der Waals surface area contributed by atoms with Gasteiger partial charge in [0.2, 0.25) is 0 Å². The van der Waals surface area contributed by atoms with Crippen LogP contribution >= 0.6 is 34.4 Å². The van der Waals surface area contributed by atoms with Crippen molar-refractivity contribution >= 4 is 34.4 Å². The lowest BCUT2D eigenvalue weighted by Gasteiger charge is -1.97. The summed E-state index contributed by atoms with van der Waals surface area (Å²) in [7, 11) is 0. The van der Waals surface area contributed by atoms with E-state index in [-0.39, 0.29) is 0 Å². The number of rotatable bonds is 4. The van der Waals surface area contributed by atoms with Crippen molar-refractivity contribution in [2.75, 3.05) is 0 Å². The van der Waals surface area contributed by atoms with Crippen LogP contribution in [-0.2, 0) is 5.75 Å². The summed E-state index contributed by atoms with van der Waals surface area (Å²) < 4.78 is 11.9. The summed E-state index contributed by atoms with van der Waals surface area (Å²) in [6, 6.07) is 11.9. The average molecular weight is 384 g/mol. The van der Waals surface area contributed by atoms with Crippen molar-refractivity contribution in [3.05, 3.63) is 51.8 Å². The molecule has 0 aliphatic heterocycles. The van der Waals surface area contributed by atoms with Crippen LogP contribution in [-0.4, -0.2) is 10.2 Å². The molecule has 0 amide bonds. The van der Waals surface area contributed by atoms with E-state index in [9.17, 15) is 0 Å². The summed E-state index contributed by atoms with van der Waals surface area (Å²) in [5.41, 5.74) is 1.23. The van der Waals surface area contributed by atoms with Gasteiger partial charge in [-0.1, -0.05) is 23.9 Å². The predicted octanol–water partition coefficient (Wildman–Crippen LogP) is 4.23. The molecule has 0 spiro atoms. The third-order valence-corrected chi connectivity index (χ3v) is 4.02. The van der Waals surface area contributed by atoms with Crippen LogP contribution in [0.4, 0.5) is 0 Å². The molecule has 19 heavy (non-hydrogen) atoms. The third-order valence-electron chi connectivity index (χ3n) is 2.41. The number of furan rings is 1. The van der Waals surface area contributed by atoms with E-state index in [2.05, 4.69) is 57.1 Å². The van der Waals surface area contributed by atoms with Gasteiger partial charge in [0.05, 0.1) is 6.26 Å². The number of nitrogens with zero attached hydrogens (tertiary/aromatic N) is 2. The van der Waals surface area contributed by atoms with E-state index in [0.717, 1.165) is 5.75 Å². The van der Waals surface area contributed by atoms with Crippen molar-refractivity contribution < 1.29 is 8.83 Å². The van der Waals surface area contributed by atoms with Crippen molar-refractivity contribution in [3.8, 4) is 11.7 Å². The second-order valence-corrected chi connectivity index (χ2v) is 5.94. The van der Waals surface area contributed by atoms with Crippen molar-refractivity contribution in [3.63, 3.8) is 0 Å². The van der Waals surface area contributed by atoms with Crippen LogP contribution in [0.15, 0.2) is 56.7 Å². The lowest BCUT2D eigenvalue weighted by molar-refractivity contribution is 0.447. The van der Waals surface area contributed by atoms with Gasteiger partial charge in [-0.05, 0) is 52.4 Å². The molecular weight excluding hydrogens is 375 g/mol. The Kier molecular flexibility index (Phi) is 3.88. The predicted molar refractivity (Wildman–Crippen MR) is 80.7 cm³/mol. The van der Waals surface area contributed by atoms with Gasteiger partial charge in [0.15, 0.2) is 5.76 Å². The Morgan fingerprint density at radius 3 is 2.68 bits per heavy atom. The zero-order valence-corrected chi connectivity index (χ0v) is 12.7. The van der Waals surface area contributed by atoms with Gasteiger partial charge in [-0.2, -0.15) is 0 Å². The van der Waals surface area contributed by atoms with Crippen molar-refractivity contribution in [2.45, 2.75) is 11.0 Å². The highest BCUT2D eigenvalue weighted by atomic mass is 127. The van der Waals surface area contributed by atoms with E-state index in [1.54, 1.807) is 18.4 Å². The monoisotopic (exact) mass is 384 g/mol. The van der Waals surface area contributed by atoms with E-state index >= 15 is 0 Å². The van der Waals surface area contributed by atoms with Crippen molar-refractivity contribution in [1.29, 1.82) is 0 Å². The van der Waals surface area contributed by atoms with Crippen LogP contribution in [0, 0.1) is 3.57 Å². The smallest absolute Gasteiger partial charge is 0.284 e. The maximum Gasteiger partial charge on any atom is 0.284 e. The molecule has 0 fully saturated rings. The average Bonchev–Trinajstić information content (AvgIpc) is 3.09. The van der Waals surface area contributed by atoms with Crippen LogP contribution in [0.2, 0.25) is 0 Å². The molecule has 1 aromatic carbocycles. The summed E-state index contributed by atoms with van der Waals surface area (Å²) in [6.45, 7) is 0. The topological polar surface area (TPSA) is 52.1 Å². The molecule has 4 nitrogen and oxygen atoms in total. The van der Waals surface area contributed by atoms with Gasteiger partial charge in [-0.25, -0.2) is 0 Å². The second kappa shape index (κ2) is 5.79. The lowest BCUT2D eigenvalue weighted by atomic mass is 10.2. The van der Waals surface area contributed by atoms with Gasteiger partial charge < -0.3 is 8.83 Å². The molecule has 0 bridgehead atoms. The number of hydrogen-bond acceptors (Lipinski definition) is 5. The molecule has 6 heteroatoms. The maximum atomic E-state index is 5.52. The van der Waals surface area contributed by atoms with Crippen LogP contribution < -0.4 is 0 Å². The molecule has 2 heterocycles. The fourth-order valence-electron chi connectivity index (χ4n) is 1.49. The van der Waals surface area contributed by atoms with E-state index in [1.165, 1.54) is 20.9 Å². The molecule has 0 saturated carbocycles. The second-order valence-electron chi connectivity index (χ2n) is 3.77. The highest BCUT2D eigenvalue weighted by molar-refractivity contribution is 14.1. The standard InChI is InChI=1S/C13H9IN2O2S/c14-10-5-3-9(4-6-10)8-19-13-16-15-12(18-13)11-2-1-7-17-11/h1-7H,8H2. The summed E-state index contributed by atoms with van der Waals surface area (Å²) in [5, 5.41) is 8.49. The Labute approximate surface area is 127 Å². The molecule has 0 atom stereocenters. The minimum atomic E-state index is 0.412. The Morgan fingerprint density at radius 2 is 1.95 bits per heavy atom. The van der Waals surface area contributed by atoms with Gasteiger partial charge >= 0.3 is 0 Å². The zero-order chi connectivity index (χ0) is 13.1. The van der Waals surface area contributed by atoms with E-state index in [0.29, 0.717) is 16.9 Å². The lowest BCUT2D eigenvalue weighted by Crippen LogP contribution is -1.81. The Balaban J connectivity index is 1.66. The third kappa shape index (κ3) is 3.19. The summed E-state index contributed by atoms with van der Waals surface area (Å²) in [6.07, 6.45) is 1.58. The number of benzene rings is 1. The minimum absolute atomic E-state index is 0.412. The maximum absolute atomic E-state index is 5.52. The zero-order valence-electron chi connectivity index (χ0n) is 9.75. The van der Waals surface area contributed by atoms with Gasteiger partial charge in [0.1, 0.15) is 0 Å². The fraction of sp³-hybridized carbons (Fsp3) is 0.0769. The van der Waals surface area contributed by atoms with E-state index < -0.39 is 0 Å².